The monoisotopic (exact) mass is 401 g/mol. The molecule has 1 atom stereocenters. The predicted molar refractivity (Wildman–Crippen MR) is 108 cm³/mol. The van der Waals surface area contributed by atoms with Crippen molar-refractivity contribution in [3.8, 4) is 0 Å². The molecule has 6 nitrogen and oxygen atoms in total. The zero-order chi connectivity index (χ0) is 18.7. The minimum atomic E-state index is -0.872. The molecule has 1 heterocycles. The molecule has 1 aliphatic heterocycles. The maximum absolute atomic E-state index is 12.4. The van der Waals surface area contributed by atoms with Gasteiger partial charge in [0.25, 0.3) is 5.91 Å². The number of β-amino-alcohol motifs (C(OH)–C–C–N with tert-alkyl or cyclic N) is 1. The fraction of sp³-hybridized carbons (Fsp3) is 0.900. The number of urea groups is 1. The first-order valence-electron chi connectivity index (χ1n) is 10.5. The Morgan fingerprint density at radius 2 is 1.52 bits per heavy atom. The number of aliphatic hydroxyl groups is 1. The third-order valence-electron chi connectivity index (χ3n) is 6.35. The molecular formula is C20H36ClN3O3. The van der Waals surface area contributed by atoms with E-state index in [0.717, 1.165) is 0 Å². The Morgan fingerprint density at radius 1 is 1.04 bits per heavy atom. The lowest BCUT2D eigenvalue weighted by atomic mass is 9.88. The lowest BCUT2D eigenvalue weighted by molar-refractivity contribution is -0.131. The van der Waals surface area contributed by atoms with Crippen LogP contribution in [0.15, 0.2) is 0 Å². The fourth-order valence-corrected chi connectivity index (χ4v) is 4.92. The quantitative estimate of drug-likeness (QED) is 0.671. The Labute approximate surface area is 169 Å². The Kier molecular flexibility index (Phi) is 7.95. The van der Waals surface area contributed by atoms with E-state index in [1.807, 2.05) is 0 Å². The number of rotatable bonds is 6. The van der Waals surface area contributed by atoms with Crippen LogP contribution in [-0.4, -0.2) is 63.7 Å². The van der Waals surface area contributed by atoms with Crippen LogP contribution < -0.4 is 5.32 Å². The van der Waals surface area contributed by atoms with Crippen molar-refractivity contribution in [1.82, 2.24) is 15.1 Å². The Hall–Kier alpha value is -0.850. The van der Waals surface area contributed by atoms with Crippen LogP contribution in [0.4, 0.5) is 4.79 Å². The Morgan fingerprint density at radius 3 is 1.93 bits per heavy atom. The van der Waals surface area contributed by atoms with Gasteiger partial charge >= 0.3 is 6.03 Å². The summed E-state index contributed by atoms with van der Waals surface area (Å²) in [6.07, 6.45) is 11.8. The highest BCUT2D eigenvalue weighted by molar-refractivity contribution is 6.06. The Balaban J connectivity index is 0.00000261. The van der Waals surface area contributed by atoms with Crippen LogP contribution in [0.2, 0.25) is 0 Å². The van der Waals surface area contributed by atoms with Crippen LogP contribution in [0.3, 0.4) is 0 Å². The molecule has 0 aromatic carbocycles. The van der Waals surface area contributed by atoms with Gasteiger partial charge in [-0.1, -0.05) is 38.5 Å². The smallest absolute Gasteiger partial charge is 0.325 e. The molecule has 3 amide bonds. The summed E-state index contributed by atoms with van der Waals surface area (Å²) < 4.78 is 0. The van der Waals surface area contributed by atoms with Crippen LogP contribution >= 0.6 is 12.4 Å². The van der Waals surface area contributed by atoms with Crippen molar-refractivity contribution in [1.29, 1.82) is 0 Å². The molecule has 0 radical (unpaired) electrons. The summed E-state index contributed by atoms with van der Waals surface area (Å²) in [7, 11) is 0. The topological polar surface area (TPSA) is 72.9 Å². The maximum atomic E-state index is 12.4. The van der Waals surface area contributed by atoms with E-state index in [1.165, 1.54) is 69.1 Å². The number of nitrogens with zero attached hydrogens (tertiary/aromatic N) is 2. The predicted octanol–water partition coefficient (Wildman–Crippen LogP) is 3.07. The molecule has 0 bridgehead atoms. The molecule has 156 valence electrons. The van der Waals surface area contributed by atoms with Gasteiger partial charge in [0.2, 0.25) is 0 Å². The fourth-order valence-electron chi connectivity index (χ4n) is 4.92. The van der Waals surface area contributed by atoms with Crippen LogP contribution in [0.5, 0.6) is 0 Å². The summed E-state index contributed by atoms with van der Waals surface area (Å²) in [5.41, 5.74) is -0.872. The number of halogens is 1. The zero-order valence-electron chi connectivity index (χ0n) is 16.8. The molecule has 1 unspecified atom stereocenters. The molecule has 3 rings (SSSR count). The lowest BCUT2D eigenvalue weighted by Gasteiger charge is -2.42. The summed E-state index contributed by atoms with van der Waals surface area (Å²) in [6, 6.07) is 0.697. The van der Waals surface area contributed by atoms with Crippen molar-refractivity contribution < 1.29 is 14.7 Å². The number of nitrogens with one attached hydrogen (secondary N) is 1. The largest absolute Gasteiger partial charge is 0.390 e. The molecule has 3 fully saturated rings. The molecule has 2 saturated carbocycles. The summed E-state index contributed by atoms with van der Waals surface area (Å²) in [5.74, 6) is -0.247. The first-order chi connectivity index (χ1) is 12.4. The average molecular weight is 402 g/mol. The minimum Gasteiger partial charge on any atom is -0.390 e. The van der Waals surface area contributed by atoms with Gasteiger partial charge in [0.05, 0.1) is 12.6 Å². The molecule has 2 aliphatic carbocycles. The molecule has 0 aromatic rings. The van der Waals surface area contributed by atoms with Crippen molar-refractivity contribution in [2.24, 2.45) is 0 Å². The first kappa shape index (κ1) is 22.4. The van der Waals surface area contributed by atoms with Crippen LogP contribution in [0.25, 0.3) is 0 Å². The average Bonchev–Trinajstić information content (AvgIpc) is 2.83. The van der Waals surface area contributed by atoms with Crippen LogP contribution in [-0.2, 0) is 4.79 Å². The zero-order valence-corrected chi connectivity index (χ0v) is 17.6. The summed E-state index contributed by atoms with van der Waals surface area (Å²) in [6.45, 7) is 4.06. The second-order valence-electron chi connectivity index (χ2n) is 8.91. The van der Waals surface area contributed by atoms with Gasteiger partial charge in [-0.3, -0.25) is 14.6 Å². The van der Waals surface area contributed by atoms with E-state index in [-0.39, 0.29) is 30.9 Å². The van der Waals surface area contributed by atoms with Gasteiger partial charge in [0.1, 0.15) is 5.54 Å². The standard InChI is InChI=1S/C20H35N3O3.ClH/c1-20(2)18(25)23(19(26)21-20)14-17(24)13-22(15-9-5-3-6-10-15)16-11-7-4-8-12-16;/h15-17,24H,3-14H2,1-2H3,(H,21,26);1H. The number of imide groups is 1. The number of hydrogen-bond acceptors (Lipinski definition) is 4. The van der Waals surface area contributed by atoms with Gasteiger partial charge in [0.15, 0.2) is 0 Å². The SMILES string of the molecule is CC1(C)NC(=O)N(CC(O)CN(C2CCCCC2)C2CCCCC2)C1=O.Cl. The van der Waals surface area contributed by atoms with Gasteiger partial charge in [-0.05, 0) is 39.5 Å². The number of aliphatic hydroxyl groups excluding tert-OH is 1. The van der Waals surface area contributed by atoms with E-state index in [0.29, 0.717) is 18.6 Å². The normalized spacial score (nSPS) is 25.4. The third-order valence-corrected chi connectivity index (χ3v) is 6.35. The molecule has 1 saturated heterocycles. The van der Waals surface area contributed by atoms with Gasteiger partial charge in [-0.25, -0.2) is 4.79 Å². The molecule has 7 heteroatoms. The number of hydrogen-bond donors (Lipinski definition) is 2. The Bertz CT molecular complexity index is 499. The van der Waals surface area contributed by atoms with Crippen LogP contribution in [0, 0.1) is 0 Å². The third kappa shape index (κ3) is 5.36. The van der Waals surface area contributed by atoms with Crippen molar-refractivity contribution in [3.05, 3.63) is 0 Å². The van der Waals surface area contributed by atoms with Crippen molar-refractivity contribution in [2.75, 3.05) is 13.1 Å². The van der Waals surface area contributed by atoms with Crippen molar-refractivity contribution in [3.63, 3.8) is 0 Å². The van der Waals surface area contributed by atoms with E-state index >= 15 is 0 Å². The molecule has 27 heavy (non-hydrogen) atoms. The second kappa shape index (κ2) is 9.57. The number of carbonyl (C=O) groups excluding carboxylic acids is 2. The van der Waals surface area contributed by atoms with Gasteiger partial charge in [-0.2, -0.15) is 0 Å². The molecule has 0 aromatic heterocycles. The van der Waals surface area contributed by atoms with Gasteiger partial charge in [0, 0.05) is 18.6 Å². The van der Waals surface area contributed by atoms with E-state index in [1.54, 1.807) is 13.8 Å². The maximum Gasteiger partial charge on any atom is 0.325 e. The van der Waals surface area contributed by atoms with Crippen LogP contribution in [0.1, 0.15) is 78.1 Å². The van der Waals surface area contributed by atoms with Crippen molar-refractivity contribution in [2.45, 2.75) is 102 Å². The highest BCUT2D eigenvalue weighted by Crippen LogP contribution is 2.30. The summed E-state index contributed by atoms with van der Waals surface area (Å²) in [5, 5.41) is 13.4. The van der Waals surface area contributed by atoms with Gasteiger partial charge in [-0.15, -0.1) is 12.4 Å². The highest BCUT2D eigenvalue weighted by Gasteiger charge is 2.45. The minimum absolute atomic E-state index is 0. The van der Waals surface area contributed by atoms with E-state index < -0.39 is 11.6 Å². The number of carbonyl (C=O) groups is 2. The highest BCUT2D eigenvalue weighted by atomic mass is 35.5. The number of amides is 3. The van der Waals surface area contributed by atoms with Gasteiger partial charge < -0.3 is 10.4 Å². The molecule has 0 spiro atoms. The van der Waals surface area contributed by atoms with E-state index in [9.17, 15) is 14.7 Å². The summed E-state index contributed by atoms with van der Waals surface area (Å²) >= 11 is 0. The first-order valence-corrected chi connectivity index (χ1v) is 10.5. The van der Waals surface area contributed by atoms with E-state index in [2.05, 4.69) is 10.2 Å². The molecule has 2 N–H and O–H groups in total. The molecular weight excluding hydrogens is 366 g/mol. The summed E-state index contributed by atoms with van der Waals surface area (Å²) in [4.78, 5) is 28.2. The second-order valence-corrected chi connectivity index (χ2v) is 8.91. The van der Waals surface area contributed by atoms with E-state index in [4.69, 9.17) is 0 Å². The lowest BCUT2D eigenvalue weighted by Crippen LogP contribution is -2.51. The molecule has 3 aliphatic rings. The van der Waals surface area contributed by atoms with Crippen molar-refractivity contribution >= 4 is 24.3 Å².